The van der Waals surface area contributed by atoms with Crippen molar-refractivity contribution in [1.82, 2.24) is 9.62 Å². The van der Waals surface area contributed by atoms with Crippen molar-refractivity contribution in [2.75, 3.05) is 13.1 Å². The minimum absolute atomic E-state index is 0.0700. The van der Waals surface area contributed by atoms with Crippen molar-refractivity contribution in [3.05, 3.63) is 54.0 Å². The predicted octanol–water partition coefficient (Wildman–Crippen LogP) is 1.73. The molecule has 1 aliphatic heterocycles. The fourth-order valence-electron chi connectivity index (χ4n) is 2.78. The van der Waals surface area contributed by atoms with Crippen LogP contribution in [0.1, 0.15) is 29.0 Å². The number of nitrogens with one attached hydrogen (secondary N) is 1. The third-order valence-electron chi connectivity index (χ3n) is 4.11. The van der Waals surface area contributed by atoms with Gasteiger partial charge >= 0.3 is 0 Å². The van der Waals surface area contributed by atoms with Gasteiger partial charge in [0.15, 0.2) is 5.76 Å². The second-order valence-electron chi connectivity index (χ2n) is 5.80. The number of nitriles is 1. The molecule has 1 aliphatic rings. The van der Waals surface area contributed by atoms with Crippen LogP contribution >= 0.6 is 0 Å². The monoisotopic (exact) mass is 359 g/mol. The van der Waals surface area contributed by atoms with Crippen LogP contribution in [0.15, 0.2) is 52.0 Å². The summed E-state index contributed by atoms with van der Waals surface area (Å²) in [6.07, 6.45) is 2.48. The minimum Gasteiger partial charge on any atom is -0.459 e. The molecule has 8 heteroatoms. The SMILES string of the molecule is N#Cc1cccc(S(=O)(=O)NC2CCN(C(=O)c3ccco3)CC2)c1. The molecular weight excluding hydrogens is 342 g/mol. The summed E-state index contributed by atoms with van der Waals surface area (Å²) in [5, 5.41) is 8.90. The molecule has 2 aromatic rings. The fourth-order valence-corrected chi connectivity index (χ4v) is 4.13. The quantitative estimate of drug-likeness (QED) is 0.895. The lowest BCUT2D eigenvalue weighted by molar-refractivity contribution is 0.0679. The number of furan rings is 1. The van der Waals surface area contributed by atoms with E-state index < -0.39 is 10.0 Å². The molecule has 0 saturated carbocycles. The van der Waals surface area contributed by atoms with Crippen molar-refractivity contribution >= 4 is 15.9 Å². The Morgan fingerprint density at radius 3 is 2.64 bits per heavy atom. The zero-order valence-corrected chi connectivity index (χ0v) is 14.2. The topological polar surface area (TPSA) is 103 Å². The summed E-state index contributed by atoms with van der Waals surface area (Å²) in [4.78, 5) is 13.9. The van der Waals surface area contributed by atoms with Gasteiger partial charge < -0.3 is 9.32 Å². The smallest absolute Gasteiger partial charge is 0.289 e. The van der Waals surface area contributed by atoms with Crippen LogP contribution in [-0.2, 0) is 10.0 Å². The number of amides is 1. The average Bonchev–Trinajstić information content (AvgIpc) is 3.16. The Balaban J connectivity index is 1.62. The molecule has 1 amide bonds. The van der Waals surface area contributed by atoms with Crippen molar-refractivity contribution in [3.63, 3.8) is 0 Å². The first kappa shape index (κ1) is 17.2. The Morgan fingerprint density at radius 1 is 1.24 bits per heavy atom. The van der Waals surface area contributed by atoms with Crippen LogP contribution in [0.3, 0.4) is 0 Å². The minimum atomic E-state index is -3.70. The Labute approximate surface area is 145 Å². The molecule has 1 N–H and O–H groups in total. The van der Waals surface area contributed by atoms with Gasteiger partial charge in [-0.3, -0.25) is 4.79 Å². The zero-order valence-electron chi connectivity index (χ0n) is 13.4. The number of nitrogens with zero attached hydrogens (tertiary/aromatic N) is 2. The Hall–Kier alpha value is -2.63. The summed E-state index contributed by atoms with van der Waals surface area (Å²) < 4.78 is 32.7. The van der Waals surface area contributed by atoms with E-state index in [1.165, 1.54) is 24.5 Å². The third kappa shape index (κ3) is 3.90. The second kappa shape index (κ2) is 7.09. The Bertz CT molecular complexity index is 892. The van der Waals surface area contributed by atoms with Gasteiger partial charge in [-0.15, -0.1) is 0 Å². The Kier molecular flexibility index (Phi) is 4.88. The van der Waals surface area contributed by atoms with E-state index in [-0.39, 0.29) is 22.6 Å². The molecule has 1 fully saturated rings. The van der Waals surface area contributed by atoms with E-state index in [1.807, 2.05) is 6.07 Å². The van der Waals surface area contributed by atoms with Crippen LogP contribution in [0.4, 0.5) is 0 Å². The number of hydrogen-bond acceptors (Lipinski definition) is 5. The lowest BCUT2D eigenvalue weighted by Gasteiger charge is -2.31. The van der Waals surface area contributed by atoms with E-state index in [2.05, 4.69) is 4.72 Å². The van der Waals surface area contributed by atoms with Gasteiger partial charge in [-0.2, -0.15) is 5.26 Å². The average molecular weight is 359 g/mol. The number of carbonyl (C=O) groups is 1. The number of piperidine rings is 1. The number of carbonyl (C=O) groups excluding carboxylic acids is 1. The molecule has 3 rings (SSSR count). The van der Waals surface area contributed by atoms with Gasteiger partial charge in [-0.25, -0.2) is 13.1 Å². The van der Waals surface area contributed by atoms with Gasteiger partial charge in [-0.05, 0) is 43.2 Å². The molecule has 0 unspecified atom stereocenters. The maximum atomic E-state index is 12.5. The number of sulfonamides is 1. The van der Waals surface area contributed by atoms with Crippen molar-refractivity contribution in [3.8, 4) is 6.07 Å². The number of hydrogen-bond donors (Lipinski definition) is 1. The van der Waals surface area contributed by atoms with Gasteiger partial charge in [0, 0.05) is 19.1 Å². The highest BCUT2D eigenvalue weighted by molar-refractivity contribution is 7.89. The summed E-state index contributed by atoms with van der Waals surface area (Å²) in [7, 11) is -3.70. The van der Waals surface area contributed by atoms with Gasteiger partial charge in [0.2, 0.25) is 10.0 Å². The maximum Gasteiger partial charge on any atom is 0.289 e. The van der Waals surface area contributed by atoms with Crippen LogP contribution in [-0.4, -0.2) is 38.4 Å². The lowest BCUT2D eigenvalue weighted by atomic mass is 10.1. The number of benzene rings is 1. The van der Waals surface area contributed by atoms with Gasteiger partial charge in [0.1, 0.15) is 0 Å². The third-order valence-corrected chi connectivity index (χ3v) is 5.63. The molecule has 0 radical (unpaired) electrons. The van der Waals surface area contributed by atoms with Crippen molar-refractivity contribution in [2.24, 2.45) is 0 Å². The van der Waals surface area contributed by atoms with E-state index >= 15 is 0 Å². The number of rotatable bonds is 4. The molecule has 0 spiro atoms. The van der Waals surface area contributed by atoms with Crippen LogP contribution in [0, 0.1) is 11.3 Å². The van der Waals surface area contributed by atoms with E-state index in [9.17, 15) is 13.2 Å². The first-order chi connectivity index (χ1) is 12.0. The molecule has 1 saturated heterocycles. The molecule has 1 aromatic heterocycles. The van der Waals surface area contributed by atoms with Gasteiger partial charge in [0.05, 0.1) is 22.8 Å². The molecule has 7 nitrogen and oxygen atoms in total. The standard InChI is InChI=1S/C17H17N3O4S/c18-12-13-3-1-4-15(11-13)25(22,23)19-14-6-8-20(9-7-14)17(21)16-5-2-10-24-16/h1-5,10-11,14,19H,6-9H2. The van der Waals surface area contributed by atoms with E-state index in [0.29, 0.717) is 31.5 Å². The van der Waals surface area contributed by atoms with Gasteiger partial charge in [0.25, 0.3) is 5.91 Å². The first-order valence-electron chi connectivity index (χ1n) is 7.85. The molecule has 130 valence electrons. The summed E-state index contributed by atoms with van der Waals surface area (Å²) in [6.45, 7) is 0.899. The van der Waals surface area contributed by atoms with Crippen LogP contribution in [0.2, 0.25) is 0 Å². The second-order valence-corrected chi connectivity index (χ2v) is 7.52. The van der Waals surface area contributed by atoms with Crippen molar-refractivity contribution in [1.29, 1.82) is 5.26 Å². The molecule has 0 bridgehead atoms. The Morgan fingerprint density at radius 2 is 2.00 bits per heavy atom. The molecule has 2 heterocycles. The highest BCUT2D eigenvalue weighted by Crippen LogP contribution is 2.17. The highest BCUT2D eigenvalue weighted by atomic mass is 32.2. The van der Waals surface area contributed by atoms with Gasteiger partial charge in [-0.1, -0.05) is 6.07 Å². The molecule has 25 heavy (non-hydrogen) atoms. The van der Waals surface area contributed by atoms with Crippen LogP contribution in [0.5, 0.6) is 0 Å². The number of likely N-dealkylation sites (tertiary alicyclic amines) is 1. The van der Waals surface area contributed by atoms with E-state index in [1.54, 1.807) is 23.1 Å². The molecular formula is C17H17N3O4S. The van der Waals surface area contributed by atoms with Crippen molar-refractivity contribution in [2.45, 2.75) is 23.8 Å². The summed E-state index contributed by atoms with van der Waals surface area (Å²) in [5.74, 6) is 0.0976. The molecule has 0 aliphatic carbocycles. The maximum absolute atomic E-state index is 12.5. The highest BCUT2D eigenvalue weighted by Gasteiger charge is 2.28. The predicted molar refractivity (Wildman–Crippen MR) is 89.1 cm³/mol. The molecule has 0 atom stereocenters. The lowest BCUT2D eigenvalue weighted by Crippen LogP contribution is -2.46. The summed E-state index contributed by atoms with van der Waals surface area (Å²) in [5.41, 5.74) is 0.293. The van der Waals surface area contributed by atoms with Crippen molar-refractivity contribution < 1.29 is 17.6 Å². The molecule has 1 aromatic carbocycles. The normalized spacial score (nSPS) is 15.7. The fraction of sp³-hybridized carbons (Fsp3) is 0.294. The largest absolute Gasteiger partial charge is 0.459 e. The summed E-state index contributed by atoms with van der Waals surface area (Å²) >= 11 is 0. The van der Waals surface area contributed by atoms with E-state index in [0.717, 1.165) is 0 Å². The first-order valence-corrected chi connectivity index (χ1v) is 9.33. The summed E-state index contributed by atoms with van der Waals surface area (Å²) in [6, 6.07) is 10.8. The van der Waals surface area contributed by atoms with E-state index in [4.69, 9.17) is 9.68 Å². The van der Waals surface area contributed by atoms with Crippen LogP contribution in [0.25, 0.3) is 0 Å². The zero-order chi connectivity index (χ0) is 17.9. The van der Waals surface area contributed by atoms with Crippen LogP contribution < -0.4 is 4.72 Å².